The first kappa shape index (κ1) is 9.26. The maximum Gasteiger partial charge on any atom is 0.246 e. The molecule has 1 heterocycles. The third-order valence-electron chi connectivity index (χ3n) is 2.41. The fraction of sp³-hybridized carbons (Fsp3) is 0.667. The topological polar surface area (TPSA) is 40.5 Å². The minimum Gasteiger partial charge on any atom is -0.391 e. The number of nitrogens with zero attached hydrogens (tertiary/aromatic N) is 1. The molecule has 0 aliphatic carbocycles. The van der Waals surface area contributed by atoms with Gasteiger partial charge in [0, 0.05) is 6.54 Å². The number of carbonyl (C=O) groups is 1. The molecule has 1 fully saturated rings. The van der Waals surface area contributed by atoms with Gasteiger partial charge >= 0.3 is 0 Å². The van der Waals surface area contributed by atoms with Gasteiger partial charge in [-0.3, -0.25) is 4.79 Å². The minimum atomic E-state index is -0.373. The predicted molar refractivity (Wildman–Crippen MR) is 46.6 cm³/mol. The molecule has 0 spiro atoms. The standard InChI is InChI=1S/C9H15NO2/c1-3-9(12)10-6-4-5-8(11)7(10)2/h3,7-8,11H,1,4-6H2,2H3/t7-,8-/m1/s1. The Bertz CT molecular complexity index is 191. The van der Waals surface area contributed by atoms with Crippen LogP contribution in [0.4, 0.5) is 0 Å². The first-order valence-corrected chi connectivity index (χ1v) is 4.28. The van der Waals surface area contributed by atoms with Crippen LogP contribution in [-0.2, 0) is 4.79 Å². The summed E-state index contributed by atoms with van der Waals surface area (Å²) in [5.74, 6) is -0.0822. The van der Waals surface area contributed by atoms with Crippen LogP contribution >= 0.6 is 0 Å². The highest BCUT2D eigenvalue weighted by Crippen LogP contribution is 2.17. The van der Waals surface area contributed by atoms with Crippen LogP contribution in [-0.4, -0.2) is 34.6 Å². The average Bonchev–Trinajstić information content (AvgIpc) is 2.08. The summed E-state index contributed by atoms with van der Waals surface area (Å²) < 4.78 is 0. The largest absolute Gasteiger partial charge is 0.391 e. The van der Waals surface area contributed by atoms with Gasteiger partial charge in [-0.05, 0) is 25.8 Å². The van der Waals surface area contributed by atoms with Crippen LogP contribution in [0.25, 0.3) is 0 Å². The quantitative estimate of drug-likeness (QED) is 0.582. The van der Waals surface area contributed by atoms with E-state index in [0.717, 1.165) is 19.4 Å². The van der Waals surface area contributed by atoms with Crippen LogP contribution < -0.4 is 0 Å². The molecule has 68 valence electrons. The molecule has 1 saturated heterocycles. The summed E-state index contributed by atoms with van der Waals surface area (Å²) >= 11 is 0. The second-order valence-corrected chi connectivity index (χ2v) is 3.19. The van der Waals surface area contributed by atoms with Crippen molar-refractivity contribution in [1.82, 2.24) is 4.90 Å². The van der Waals surface area contributed by atoms with Gasteiger partial charge in [-0.1, -0.05) is 6.58 Å². The molecule has 0 aromatic heterocycles. The summed E-state index contributed by atoms with van der Waals surface area (Å²) in [6.07, 6.45) is 2.60. The number of amides is 1. The lowest BCUT2D eigenvalue weighted by atomic mass is 10.0. The van der Waals surface area contributed by atoms with E-state index in [0.29, 0.717) is 0 Å². The Morgan fingerprint density at radius 3 is 3.00 bits per heavy atom. The summed E-state index contributed by atoms with van der Waals surface area (Å²) in [5.41, 5.74) is 0. The molecule has 0 radical (unpaired) electrons. The second-order valence-electron chi connectivity index (χ2n) is 3.19. The number of hydrogen-bond donors (Lipinski definition) is 1. The predicted octanol–water partition coefficient (Wildman–Crippen LogP) is 0.544. The van der Waals surface area contributed by atoms with Crippen molar-refractivity contribution in [3.63, 3.8) is 0 Å². The van der Waals surface area contributed by atoms with Crippen molar-refractivity contribution < 1.29 is 9.90 Å². The molecular formula is C9H15NO2. The lowest BCUT2D eigenvalue weighted by Crippen LogP contribution is -2.48. The summed E-state index contributed by atoms with van der Waals surface area (Å²) in [5, 5.41) is 9.46. The van der Waals surface area contributed by atoms with E-state index in [1.54, 1.807) is 4.90 Å². The van der Waals surface area contributed by atoms with Crippen molar-refractivity contribution >= 4 is 5.91 Å². The Morgan fingerprint density at radius 1 is 1.75 bits per heavy atom. The zero-order chi connectivity index (χ0) is 9.14. The van der Waals surface area contributed by atoms with E-state index in [1.807, 2.05) is 6.92 Å². The molecule has 2 atom stereocenters. The third kappa shape index (κ3) is 1.67. The molecule has 0 aromatic carbocycles. The van der Waals surface area contributed by atoms with E-state index in [1.165, 1.54) is 6.08 Å². The summed E-state index contributed by atoms with van der Waals surface area (Å²) in [6, 6.07) is -0.0655. The number of piperidine rings is 1. The van der Waals surface area contributed by atoms with E-state index in [4.69, 9.17) is 0 Å². The molecule has 0 bridgehead atoms. The number of rotatable bonds is 1. The molecular weight excluding hydrogens is 154 g/mol. The molecule has 1 amide bonds. The number of carbonyl (C=O) groups excluding carboxylic acids is 1. The van der Waals surface area contributed by atoms with Crippen molar-refractivity contribution in [3.8, 4) is 0 Å². The van der Waals surface area contributed by atoms with Gasteiger partial charge in [0.05, 0.1) is 12.1 Å². The van der Waals surface area contributed by atoms with Crippen molar-refractivity contribution in [2.45, 2.75) is 31.9 Å². The monoisotopic (exact) mass is 169 g/mol. The number of likely N-dealkylation sites (tertiary alicyclic amines) is 1. The first-order chi connectivity index (χ1) is 5.66. The second kappa shape index (κ2) is 3.72. The van der Waals surface area contributed by atoms with E-state index in [2.05, 4.69) is 6.58 Å². The van der Waals surface area contributed by atoms with E-state index in [9.17, 15) is 9.90 Å². The van der Waals surface area contributed by atoms with Crippen LogP contribution in [0.15, 0.2) is 12.7 Å². The van der Waals surface area contributed by atoms with Crippen LogP contribution in [0.2, 0.25) is 0 Å². The summed E-state index contributed by atoms with van der Waals surface area (Å²) in [4.78, 5) is 12.9. The first-order valence-electron chi connectivity index (χ1n) is 4.28. The fourth-order valence-corrected chi connectivity index (χ4v) is 1.55. The van der Waals surface area contributed by atoms with Crippen molar-refractivity contribution in [1.29, 1.82) is 0 Å². The fourth-order valence-electron chi connectivity index (χ4n) is 1.55. The molecule has 1 rings (SSSR count). The van der Waals surface area contributed by atoms with Gasteiger partial charge in [0.15, 0.2) is 0 Å². The molecule has 1 aliphatic heterocycles. The Morgan fingerprint density at radius 2 is 2.42 bits per heavy atom. The zero-order valence-electron chi connectivity index (χ0n) is 7.36. The molecule has 1 N–H and O–H groups in total. The van der Waals surface area contributed by atoms with Gasteiger partial charge in [0.2, 0.25) is 5.91 Å². The van der Waals surface area contributed by atoms with Gasteiger partial charge in [0.25, 0.3) is 0 Å². The van der Waals surface area contributed by atoms with Gasteiger partial charge < -0.3 is 10.0 Å². The SMILES string of the molecule is C=CC(=O)N1CCC[C@@H](O)[C@H]1C. The lowest BCUT2D eigenvalue weighted by molar-refractivity contribution is -0.132. The Labute approximate surface area is 72.7 Å². The van der Waals surface area contributed by atoms with Gasteiger partial charge in [0.1, 0.15) is 0 Å². The zero-order valence-corrected chi connectivity index (χ0v) is 7.36. The van der Waals surface area contributed by atoms with Gasteiger partial charge in [-0.2, -0.15) is 0 Å². The highest BCUT2D eigenvalue weighted by Gasteiger charge is 2.27. The third-order valence-corrected chi connectivity index (χ3v) is 2.41. The van der Waals surface area contributed by atoms with Crippen molar-refractivity contribution in [2.24, 2.45) is 0 Å². The smallest absolute Gasteiger partial charge is 0.246 e. The van der Waals surface area contributed by atoms with Crippen LogP contribution in [0.3, 0.4) is 0 Å². The van der Waals surface area contributed by atoms with Crippen molar-refractivity contribution in [2.75, 3.05) is 6.54 Å². The molecule has 3 nitrogen and oxygen atoms in total. The number of aliphatic hydroxyl groups is 1. The maximum absolute atomic E-state index is 11.2. The Hall–Kier alpha value is -0.830. The van der Waals surface area contributed by atoms with E-state index in [-0.39, 0.29) is 18.1 Å². The van der Waals surface area contributed by atoms with Crippen molar-refractivity contribution in [3.05, 3.63) is 12.7 Å². The normalized spacial score (nSPS) is 30.0. The highest BCUT2D eigenvalue weighted by atomic mass is 16.3. The molecule has 1 aliphatic rings. The van der Waals surface area contributed by atoms with Gasteiger partial charge in [-0.25, -0.2) is 0 Å². The van der Waals surface area contributed by atoms with E-state index < -0.39 is 0 Å². The van der Waals surface area contributed by atoms with Gasteiger partial charge in [-0.15, -0.1) is 0 Å². The highest BCUT2D eigenvalue weighted by molar-refractivity contribution is 5.87. The summed E-state index contributed by atoms with van der Waals surface area (Å²) in [7, 11) is 0. The lowest BCUT2D eigenvalue weighted by Gasteiger charge is -2.36. The Kier molecular flexibility index (Phi) is 2.87. The van der Waals surface area contributed by atoms with Crippen LogP contribution in [0.5, 0.6) is 0 Å². The molecule has 0 aromatic rings. The molecule has 12 heavy (non-hydrogen) atoms. The number of aliphatic hydroxyl groups excluding tert-OH is 1. The van der Waals surface area contributed by atoms with E-state index >= 15 is 0 Å². The number of hydrogen-bond acceptors (Lipinski definition) is 2. The molecule has 3 heteroatoms. The molecule has 0 saturated carbocycles. The minimum absolute atomic E-state index is 0.0655. The van der Waals surface area contributed by atoms with Crippen LogP contribution in [0.1, 0.15) is 19.8 Å². The maximum atomic E-state index is 11.2. The summed E-state index contributed by atoms with van der Waals surface area (Å²) in [6.45, 7) is 6.03. The Balaban J connectivity index is 2.63. The van der Waals surface area contributed by atoms with Crippen LogP contribution in [0, 0.1) is 0 Å². The molecule has 0 unspecified atom stereocenters. The average molecular weight is 169 g/mol.